The number of rotatable bonds is 3. The maximum atomic E-state index is 11.9. The molecule has 1 saturated heterocycles. The number of aliphatic hydroxyl groups is 1. The number of amides is 1. The molecule has 1 aliphatic heterocycles. The van der Waals surface area contributed by atoms with Crippen molar-refractivity contribution in [1.29, 1.82) is 0 Å². The Hall–Kier alpha value is -0.610. The van der Waals surface area contributed by atoms with Crippen LogP contribution in [0.1, 0.15) is 33.1 Å². The minimum atomic E-state index is -0.820. The maximum absolute atomic E-state index is 11.9. The van der Waals surface area contributed by atoms with Crippen LogP contribution < -0.4 is 5.32 Å². The fourth-order valence-electron chi connectivity index (χ4n) is 1.99. The van der Waals surface area contributed by atoms with Crippen LogP contribution in [0.5, 0.6) is 0 Å². The number of hydrogen-bond acceptors (Lipinski definition) is 3. The van der Waals surface area contributed by atoms with Crippen LogP contribution in [0.25, 0.3) is 0 Å². The van der Waals surface area contributed by atoms with Crippen LogP contribution in [0.2, 0.25) is 0 Å². The van der Waals surface area contributed by atoms with E-state index in [-0.39, 0.29) is 11.9 Å². The Labute approximate surface area is 91.6 Å². The number of nitrogens with zero attached hydrogens (tertiary/aromatic N) is 1. The summed E-state index contributed by atoms with van der Waals surface area (Å²) >= 11 is 0. The summed E-state index contributed by atoms with van der Waals surface area (Å²) in [5.74, 6) is 0.0943. The van der Waals surface area contributed by atoms with Crippen LogP contribution in [0, 0.1) is 0 Å². The van der Waals surface area contributed by atoms with Crippen molar-refractivity contribution in [3.05, 3.63) is 0 Å². The first-order valence-electron chi connectivity index (χ1n) is 5.61. The lowest BCUT2D eigenvalue weighted by Crippen LogP contribution is -2.50. The van der Waals surface area contributed by atoms with E-state index in [1.165, 1.54) is 0 Å². The van der Waals surface area contributed by atoms with Gasteiger partial charge in [0.05, 0.1) is 11.6 Å². The second-order valence-corrected chi connectivity index (χ2v) is 5.01. The molecule has 4 heteroatoms. The van der Waals surface area contributed by atoms with Crippen LogP contribution in [0.4, 0.5) is 0 Å². The molecular formula is C11H22N2O2. The molecule has 88 valence electrons. The van der Waals surface area contributed by atoms with Crippen molar-refractivity contribution in [3.63, 3.8) is 0 Å². The number of nitrogens with one attached hydrogen (secondary N) is 1. The molecule has 1 fully saturated rings. The van der Waals surface area contributed by atoms with Crippen molar-refractivity contribution in [2.24, 2.45) is 0 Å². The minimum Gasteiger partial charge on any atom is -0.389 e. The SMILES string of the molecule is CN(CC(C)(C)O)C(=O)C1CCCCN1. The van der Waals surface area contributed by atoms with Gasteiger partial charge in [0, 0.05) is 13.6 Å². The van der Waals surface area contributed by atoms with E-state index in [4.69, 9.17) is 0 Å². The third-order valence-corrected chi connectivity index (χ3v) is 2.61. The lowest BCUT2D eigenvalue weighted by atomic mass is 10.0. The molecule has 0 radical (unpaired) electrons. The standard InChI is InChI=1S/C11H22N2O2/c1-11(2,15)8-13(3)10(14)9-6-4-5-7-12-9/h9,12,15H,4-8H2,1-3H3. The molecule has 1 atom stereocenters. The molecule has 1 heterocycles. The predicted molar refractivity (Wildman–Crippen MR) is 59.6 cm³/mol. The highest BCUT2D eigenvalue weighted by molar-refractivity contribution is 5.81. The second-order valence-electron chi connectivity index (χ2n) is 5.01. The molecule has 1 amide bonds. The van der Waals surface area contributed by atoms with E-state index in [1.54, 1.807) is 25.8 Å². The molecule has 0 aliphatic carbocycles. The molecule has 15 heavy (non-hydrogen) atoms. The summed E-state index contributed by atoms with van der Waals surface area (Å²) in [6, 6.07) is -0.0499. The summed E-state index contributed by atoms with van der Waals surface area (Å²) in [4.78, 5) is 13.5. The zero-order chi connectivity index (χ0) is 11.5. The van der Waals surface area contributed by atoms with E-state index >= 15 is 0 Å². The highest BCUT2D eigenvalue weighted by Gasteiger charge is 2.26. The van der Waals surface area contributed by atoms with E-state index in [0.717, 1.165) is 25.8 Å². The number of likely N-dealkylation sites (N-methyl/N-ethyl adjacent to an activating group) is 1. The summed E-state index contributed by atoms with van der Waals surface area (Å²) in [7, 11) is 1.75. The Morgan fingerprint density at radius 3 is 2.67 bits per heavy atom. The zero-order valence-corrected chi connectivity index (χ0v) is 9.92. The monoisotopic (exact) mass is 214 g/mol. The molecule has 0 bridgehead atoms. The second kappa shape index (κ2) is 4.94. The van der Waals surface area contributed by atoms with Crippen LogP contribution in [-0.4, -0.2) is 47.7 Å². The van der Waals surface area contributed by atoms with Gasteiger partial charge in [-0.15, -0.1) is 0 Å². The van der Waals surface area contributed by atoms with Gasteiger partial charge in [0.15, 0.2) is 0 Å². The summed E-state index contributed by atoms with van der Waals surface area (Å²) < 4.78 is 0. The molecule has 4 nitrogen and oxygen atoms in total. The quantitative estimate of drug-likeness (QED) is 0.713. The molecular weight excluding hydrogens is 192 g/mol. The topological polar surface area (TPSA) is 52.6 Å². The van der Waals surface area contributed by atoms with Crippen molar-refractivity contribution >= 4 is 5.91 Å². The highest BCUT2D eigenvalue weighted by Crippen LogP contribution is 2.11. The van der Waals surface area contributed by atoms with E-state index in [2.05, 4.69) is 5.32 Å². The summed E-state index contributed by atoms with van der Waals surface area (Å²) in [5.41, 5.74) is -0.820. The van der Waals surface area contributed by atoms with Gasteiger partial charge < -0.3 is 15.3 Å². The third kappa shape index (κ3) is 4.18. The van der Waals surface area contributed by atoms with E-state index in [1.807, 2.05) is 0 Å². The van der Waals surface area contributed by atoms with Gasteiger partial charge in [0.1, 0.15) is 0 Å². The molecule has 1 rings (SSSR count). The van der Waals surface area contributed by atoms with Gasteiger partial charge >= 0.3 is 0 Å². The third-order valence-electron chi connectivity index (χ3n) is 2.61. The van der Waals surface area contributed by atoms with Crippen molar-refractivity contribution in [2.75, 3.05) is 20.1 Å². The lowest BCUT2D eigenvalue weighted by Gasteiger charge is -2.30. The van der Waals surface area contributed by atoms with Gasteiger partial charge in [0.2, 0.25) is 5.91 Å². The van der Waals surface area contributed by atoms with E-state index in [9.17, 15) is 9.90 Å². The molecule has 0 aromatic heterocycles. The first-order chi connectivity index (χ1) is 6.90. The van der Waals surface area contributed by atoms with Crippen molar-refractivity contribution < 1.29 is 9.90 Å². The highest BCUT2D eigenvalue weighted by atomic mass is 16.3. The van der Waals surface area contributed by atoms with Gasteiger partial charge in [-0.2, -0.15) is 0 Å². The Morgan fingerprint density at radius 1 is 1.53 bits per heavy atom. The fraction of sp³-hybridized carbons (Fsp3) is 0.909. The predicted octanol–water partition coefficient (Wildman–Crippen LogP) is 0.358. The van der Waals surface area contributed by atoms with E-state index in [0.29, 0.717) is 6.54 Å². The summed E-state index contributed by atoms with van der Waals surface area (Å²) in [6.45, 7) is 4.73. The zero-order valence-electron chi connectivity index (χ0n) is 9.92. The molecule has 0 saturated carbocycles. The Balaban J connectivity index is 2.44. The maximum Gasteiger partial charge on any atom is 0.239 e. The Kier molecular flexibility index (Phi) is 4.11. The summed E-state index contributed by atoms with van der Waals surface area (Å²) in [6.07, 6.45) is 3.17. The molecule has 2 N–H and O–H groups in total. The molecule has 1 aliphatic rings. The normalized spacial score (nSPS) is 22.5. The Morgan fingerprint density at radius 2 is 2.20 bits per heavy atom. The van der Waals surface area contributed by atoms with Crippen molar-refractivity contribution in [2.45, 2.75) is 44.8 Å². The lowest BCUT2D eigenvalue weighted by molar-refractivity contribution is -0.135. The average Bonchev–Trinajstić information content (AvgIpc) is 2.15. The van der Waals surface area contributed by atoms with Crippen LogP contribution in [0.3, 0.4) is 0 Å². The van der Waals surface area contributed by atoms with Gasteiger partial charge in [-0.3, -0.25) is 4.79 Å². The van der Waals surface area contributed by atoms with Gasteiger partial charge in [0.25, 0.3) is 0 Å². The van der Waals surface area contributed by atoms with Crippen molar-refractivity contribution in [1.82, 2.24) is 10.2 Å². The fourth-order valence-corrected chi connectivity index (χ4v) is 1.99. The number of piperidine rings is 1. The van der Waals surface area contributed by atoms with Gasteiger partial charge in [-0.1, -0.05) is 6.42 Å². The molecule has 0 spiro atoms. The van der Waals surface area contributed by atoms with Crippen LogP contribution in [0.15, 0.2) is 0 Å². The Bertz CT molecular complexity index is 217. The van der Waals surface area contributed by atoms with Crippen LogP contribution >= 0.6 is 0 Å². The smallest absolute Gasteiger partial charge is 0.239 e. The largest absolute Gasteiger partial charge is 0.389 e. The first kappa shape index (κ1) is 12.5. The molecule has 0 aromatic rings. The summed E-state index contributed by atoms with van der Waals surface area (Å²) in [5, 5.41) is 12.8. The van der Waals surface area contributed by atoms with Gasteiger partial charge in [-0.05, 0) is 33.2 Å². The number of carbonyl (C=O) groups excluding carboxylic acids is 1. The number of carbonyl (C=O) groups is 1. The molecule has 0 aromatic carbocycles. The average molecular weight is 214 g/mol. The first-order valence-corrected chi connectivity index (χ1v) is 5.61. The number of hydrogen-bond donors (Lipinski definition) is 2. The van der Waals surface area contributed by atoms with Gasteiger partial charge in [-0.25, -0.2) is 0 Å². The molecule has 1 unspecified atom stereocenters. The van der Waals surface area contributed by atoms with Crippen molar-refractivity contribution in [3.8, 4) is 0 Å². The minimum absolute atomic E-state index is 0.0499. The van der Waals surface area contributed by atoms with E-state index < -0.39 is 5.60 Å². The van der Waals surface area contributed by atoms with Crippen LogP contribution in [-0.2, 0) is 4.79 Å².